The fraction of sp³-hybridized carbons (Fsp3) is 0.132. The van der Waals surface area contributed by atoms with Gasteiger partial charge in [-0.25, -0.2) is 9.79 Å². The van der Waals surface area contributed by atoms with Gasteiger partial charge in [-0.15, -0.1) is 11.8 Å². The minimum Gasteiger partial charge on any atom is -0.495 e. The van der Waals surface area contributed by atoms with Crippen LogP contribution in [0.2, 0.25) is 0 Å². The van der Waals surface area contributed by atoms with Gasteiger partial charge in [0.2, 0.25) is 0 Å². The highest BCUT2D eigenvalue weighted by Gasteiger charge is 2.35. The minimum atomic E-state index is -0.741. The number of nitrogens with zero attached hydrogens (tertiary/aromatic N) is 2. The van der Waals surface area contributed by atoms with Gasteiger partial charge in [-0.05, 0) is 48.6 Å². The number of nitrogens with one attached hydrogen (secondary N) is 1. The lowest BCUT2D eigenvalue weighted by Gasteiger charge is -2.26. The number of hydrogen-bond donors (Lipinski definition) is 1. The Morgan fingerprint density at radius 1 is 0.957 bits per heavy atom. The molecule has 0 spiro atoms. The summed E-state index contributed by atoms with van der Waals surface area (Å²) in [5.74, 6) is 0.208. The van der Waals surface area contributed by atoms with Crippen molar-refractivity contribution in [3.05, 3.63) is 145 Å². The Morgan fingerprint density at radius 3 is 2.32 bits per heavy atom. The molecule has 1 aliphatic rings. The molecule has 7 rings (SSSR count). The first kappa shape index (κ1) is 30.5. The van der Waals surface area contributed by atoms with Crippen molar-refractivity contribution in [2.75, 3.05) is 20.0 Å². The number of aromatic nitrogens is 2. The van der Waals surface area contributed by atoms with Crippen molar-refractivity contribution in [3.63, 3.8) is 0 Å². The molecule has 0 unspecified atom stereocenters. The highest BCUT2D eigenvalue weighted by Crippen LogP contribution is 2.37. The number of carbonyl (C=O) groups excluding carboxylic acids is 1. The third-order valence-corrected chi connectivity index (χ3v) is 9.93. The van der Waals surface area contributed by atoms with Gasteiger partial charge in [0, 0.05) is 21.4 Å². The minimum absolute atomic E-state index is 0.194. The molecular formula is C38H31N3O4S2. The normalized spacial score (nSPS) is 14.6. The third kappa shape index (κ3) is 5.51. The van der Waals surface area contributed by atoms with Gasteiger partial charge >= 0.3 is 5.97 Å². The highest BCUT2D eigenvalue weighted by molar-refractivity contribution is 7.98. The maximum absolute atomic E-state index is 14.6. The number of hydrogen-bond acceptors (Lipinski definition) is 7. The van der Waals surface area contributed by atoms with Gasteiger partial charge in [0.25, 0.3) is 5.56 Å². The van der Waals surface area contributed by atoms with Crippen LogP contribution < -0.4 is 19.6 Å². The van der Waals surface area contributed by atoms with Crippen LogP contribution in [0.25, 0.3) is 33.9 Å². The van der Waals surface area contributed by atoms with E-state index < -0.39 is 12.0 Å². The lowest BCUT2D eigenvalue weighted by molar-refractivity contribution is -0.138. The second-order valence-electron chi connectivity index (χ2n) is 10.9. The molecule has 6 aromatic rings. The first-order valence-electron chi connectivity index (χ1n) is 15.2. The number of H-pyrrole nitrogens is 1. The second-order valence-corrected chi connectivity index (χ2v) is 12.8. The molecule has 4 aromatic carbocycles. The van der Waals surface area contributed by atoms with Gasteiger partial charge in [0.15, 0.2) is 4.80 Å². The molecule has 234 valence electrons. The standard InChI is InChI=1S/C38H31N3O4S2/c1-4-45-37(43)31-33(24-14-9-6-10-15-24)40-38-41(35(31)25-18-20-26(46-3)21-19-25)36(42)30(47-38)22-28-27-16-11-17-29(44-2)34(27)39-32(28)23-12-7-5-8-13-23/h5-22,35,39H,4H2,1-3H3/b30-22-/t35-/m1/s1. The van der Waals surface area contributed by atoms with Gasteiger partial charge in [0.05, 0.1) is 46.8 Å². The van der Waals surface area contributed by atoms with E-state index in [0.717, 1.165) is 43.7 Å². The lowest BCUT2D eigenvalue weighted by atomic mass is 9.93. The topological polar surface area (TPSA) is 85.7 Å². The van der Waals surface area contributed by atoms with Gasteiger partial charge in [-0.3, -0.25) is 9.36 Å². The second kappa shape index (κ2) is 12.9. The van der Waals surface area contributed by atoms with Crippen LogP contribution in [0.1, 0.15) is 29.7 Å². The monoisotopic (exact) mass is 657 g/mol. The van der Waals surface area contributed by atoms with Crippen molar-refractivity contribution >= 4 is 51.7 Å². The highest BCUT2D eigenvalue weighted by atomic mass is 32.2. The van der Waals surface area contributed by atoms with Crippen molar-refractivity contribution in [2.45, 2.75) is 17.9 Å². The number of thioether (sulfide) groups is 1. The van der Waals surface area contributed by atoms with E-state index in [1.807, 2.05) is 115 Å². The molecule has 0 bridgehead atoms. The third-order valence-electron chi connectivity index (χ3n) is 8.20. The van der Waals surface area contributed by atoms with E-state index in [0.29, 0.717) is 26.4 Å². The van der Waals surface area contributed by atoms with Crippen molar-refractivity contribution in [1.29, 1.82) is 0 Å². The van der Waals surface area contributed by atoms with Crippen LogP contribution in [0, 0.1) is 0 Å². The maximum Gasteiger partial charge on any atom is 0.338 e. The quantitative estimate of drug-likeness (QED) is 0.144. The molecule has 1 aliphatic heterocycles. The Hall–Kier alpha value is -5.12. The summed E-state index contributed by atoms with van der Waals surface area (Å²) in [6.07, 6.45) is 3.94. The molecule has 7 nitrogen and oxygen atoms in total. The molecule has 0 radical (unpaired) electrons. The lowest BCUT2D eigenvalue weighted by Crippen LogP contribution is -2.40. The molecule has 2 aromatic heterocycles. The van der Waals surface area contributed by atoms with Gasteiger partial charge in [-0.1, -0.05) is 96.3 Å². The Labute approximate surface area is 279 Å². The zero-order valence-electron chi connectivity index (χ0n) is 26.0. The summed E-state index contributed by atoms with van der Waals surface area (Å²) < 4.78 is 13.4. The molecule has 0 saturated carbocycles. The Kier molecular flexibility index (Phi) is 8.41. The molecule has 0 fully saturated rings. The summed E-state index contributed by atoms with van der Waals surface area (Å²) in [6, 6.07) is 32.7. The summed E-state index contributed by atoms with van der Waals surface area (Å²) in [4.78, 5) is 38.5. The van der Waals surface area contributed by atoms with Crippen LogP contribution >= 0.6 is 23.1 Å². The summed E-state index contributed by atoms with van der Waals surface area (Å²) in [6.45, 7) is 1.97. The van der Waals surface area contributed by atoms with E-state index in [9.17, 15) is 9.59 Å². The van der Waals surface area contributed by atoms with Crippen molar-refractivity contribution in [1.82, 2.24) is 9.55 Å². The molecule has 1 N–H and O–H groups in total. The fourth-order valence-corrected chi connectivity index (χ4v) is 7.43. The van der Waals surface area contributed by atoms with Crippen molar-refractivity contribution in [2.24, 2.45) is 4.99 Å². The smallest absolute Gasteiger partial charge is 0.338 e. The molecular weight excluding hydrogens is 627 g/mol. The molecule has 0 aliphatic carbocycles. The Balaban J connectivity index is 1.53. The maximum atomic E-state index is 14.6. The number of carbonyl (C=O) groups is 1. The Bertz CT molecular complexity index is 2320. The number of benzene rings is 4. The van der Waals surface area contributed by atoms with Gasteiger partial charge in [-0.2, -0.15) is 0 Å². The molecule has 9 heteroatoms. The first-order chi connectivity index (χ1) is 23.0. The van der Waals surface area contributed by atoms with E-state index in [1.165, 1.54) is 11.3 Å². The predicted molar refractivity (Wildman–Crippen MR) is 190 cm³/mol. The molecule has 47 heavy (non-hydrogen) atoms. The van der Waals surface area contributed by atoms with E-state index in [1.54, 1.807) is 30.4 Å². The summed E-state index contributed by atoms with van der Waals surface area (Å²) in [7, 11) is 1.65. The number of aromatic amines is 1. The number of para-hydroxylation sites is 1. The average Bonchev–Trinajstić information content (AvgIpc) is 3.65. The largest absolute Gasteiger partial charge is 0.495 e. The SMILES string of the molecule is CCOC(=O)C1=C(c2ccccc2)N=c2s/c(=C\c3c(-c4ccccc4)[nH]c4c(OC)cccc34)c(=O)n2[C@@H]1c1ccc(SC)cc1. The summed E-state index contributed by atoms with van der Waals surface area (Å²) in [5, 5.41) is 0.926. The number of thiazole rings is 1. The number of methoxy groups -OCH3 is 1. The van der Waals surface area contributed by atoms with Crippen LogP contribution in [-0.4, -0.2) is 35.5 Å². The number of rotatable bonds is 8. The summed E-state index contributed by atoms with van der Waals surface area (Å²) >= 11 is 2.94. The van der Waals surface area contributed by atoms with Crippen LogP contribution in [0.4, 0.5) is 0 Å². The average molecular weight is 658 g/mol. The molecule has 3 heterocycles. The van der Waals surface area contributed by atoms with E-state index >= 15 is 0 Å². The number of ether oxygens (including phenoxy) is 2. The van der Waals surface area contributed by atoms with Crippen LogP contribution in [-0.2, 0) is 9.53 Å². The van der Waals surface area contributed by atoms with E-state index in [-0.39, 0.29) is 12.2 Å². The van der Waals surface area contributed by atoms with E-state index in [4.69, 9.17) is 14.5 Å². The molecule has 0 saturated heterocycles. The zero-order valence-corrected chi connectivity index (χ0v) is 27.7. The molecule has 1 atom stereocenters. The van der Waals surface area contributed by atoms with Gasteiger partial charge < -0.3 is 14.5 Å². The Morgan fingerprint density at radius 2 is 1.66 bits per heavy atom. The van der Waals surface area contributed by atoms with Crippen LogP contribution in [0.15, 0.2) is 123 Å². The van der Waals surface area contributed by atoms with Crippen LogP contribution in [0.3, 0.4) is 0 Å². The molecule has 0 amide bonds. The van der Waals surface area contributed by atoms with Crippen molar-refractivity contribution in [3.8, 4) is 17.0 Å². The first-order valence-corrected chi connectivity index (χ1v) is 17.2. The number of fused-ring (bicyclic) bond motifs is 2. The van der Waals surface area contributed by atoms with Crippen molar-refractivity contribution < 1.29 is 14.3 Å². The van der Waals surface area contributed by atoms with Gasteiger partial charge in [0.1, 0.15) is 5.75 Å². The predicted octanol–water partition coefficient (Wildman–Crippen LogP) is 6.81. The number of esters is 1. The van der Waals surface area contributed by atoms with Crippen LogP contribution in [0.5, 0.6) is 5.75 Å². The summed E-state index contributed by atoms with van der Waals surface area (Å²) in [5.41, 5.74) is 5.72. The fourth-order valence-electron chi connectivity index (χ4n) is 6.04. The van der Waals surface area contributed by atoms with E-state index in [2.05, 4.69) is 4.98 Å². The zero-order chi connectivity index (χ0) is 32.5.